The molecule has 0 unspecified atom stereocenters. The lowest BCUT2D eigenvalue weighted by Crippen LogP contribution is -2.15. The normalized spacial score (nSPS) is 11.7. The maximum absolute atomic E-state index is 12.5. The highest BCUT2D eigenvalue weighted by atomic mass is 32.2. The van der Waals surface area contributed by atoms with Crippen molar-refractivity contribution in [1.82, 2.24) is 4.98 Å². The zero-order valence-corrected chi connectivity index (χ0v) is 14.6. The van der Waals surface area contributed by atoms with E-state index in [0.717, 1.165) is 16.3 Å². The minimum atomic E-state index is -3.54. The summed E-state index contributed by atoms with van der Waals surface area (Å²) in [6.07, 6.45) is 0. The fourth-order valence-corrected chi connectivity index (χ4v) is 4.24. The summed E-state index contributed by atoms with van der Waals surface area (Å²) in [5, 5.41) is 2.15. The second kappa shape index (κ2) is 6.31. The van der Waals surface area contributed by atoms with E-state index in [1.165, 1.54) is 0 Å². The third kappa shape index (κ3) is 3.19. The van der Waals surface area contributed by atoms with Crippen molar-refractivity contribution in [2.45, 2.75) is 5.75 Å². The van der Waals surface area contributed by atoms with E-state index in [9.17, 15) is 13.2 Å². The molecule has 0 aliphatic heterocycles. The maximum Gasteiger partial charge on any atom is 0.256 e. The molecular formula is C20H16N2O3S. The molecule has 0 saturated carbocycles. The lowest BCUT2D eigenvalue weighted by Gasteiger charge is -2.10. The molecule has 0 atom stereocenters. The Morgan fingerprint density at radius 1 is 0.808 bits per heavy atom. The minimum absolute atomic E-state index is 0.0990. The average molecular weight is 364 g/mol. The second-order valence-corrected chi connectivity index (χ2v) is 7.83. The van der Waals surface area contributed by atoms with Gasteiger partial charge in [-0.3, -0.25) is 9.52 Å². The first kappa shape index (κ1) is 16.4. The summed E-state index contributed by atoms with van der Waals surface area (Å²) in [4.78, 5) is 15.0. The number of aromatic amines is 1. The largest absolute Gasteiger partial charge is 0.321 e. The van der Waals surface area contributed by atoms with Crippen molar-refractivity contribution in [2.75, 3.05) is 4.72 Å². The number of aromatic nitrogens is 1. The van der Waals surface area contributed by atoms with Crippen molar-refractivity contribution in [1.29, 1.82) is 0 Å². The predicted octanol–water partition coefficient (Wildman–Crippen LogP) is 3.62. The van der Waals surface area contributed by atoms with Crippen LogP contribution in [-0.2, 0) is 15.8 Å². The fourth-order valence-electron chi connectivity index (χ4n) is 3.05. The third-order valence-corrected chi connectivity index (χ3v) is 5.46. The molecule has 3 aromatic carbocycles. The van der Waals surface area contributed by atoms with Gasteiger partial charge in [-0.2, -0.15) is 0 Å². The van der Waals surface area contributed by atoms with Crippen LogP contribution in [0.25, 0.3) is 21.7 Å². The molecule has 1 aromatic heterocycles. The Morgan fingerprint density at radius 2 is 1.50 bits per heavy atom. The van der Waals surface area contributed by atoms with Gasteiger partial charge in [0.2, 0.25) is 10.0 Å². The van der Waals surface area contributed by atoms with Crippen LogP contribution in [0, 0.1) is 0 Å². The van der Waals surface area contributed by atoms with E-state index in [1.54, 1.807) is 42.5 Å². The van der Waals surface area contributed by atoms with Gasteiger partial charge in [-0.1, -0.05) is 48.5 Å². The first-order valence-electron chi connectivity index (χ1n) is 8.11. The number of fused-ring (bicyclic) bond motifs is 3. The van der Waals surface area contributed by atoms with Gasteiger partial charge in [0, 0.05) is 22.0 Å². The van der Waals surface area contributed by atoms with Gasteiger partial charge in [0.1, 0.15) is 0 Å². The molecule has 4 rings (SSSR count). The molecule has 4 aromatic rings. The van der Waals surface area contributed by atoms with E-state index in [0.29, 0.717) is 16.6 Å². The number of anilines is 1. The smallest absolute Gasteiger partial charge is 0.256 e. The van der Waals surface area contributed by atoms with Crippen LogP contribution in [0.15, 0.2) is 77.6 Å². The summed E-state index contributed by atoms with van der Waals surface area (Å²) in [6, 6.07) is 21.4. The molecule has 0 fully saturated rings. The minimum Gasteiger partial charge on any atom is -0.321 e. The van der Waals surface area contributed by atoms with E-state index < -0.39 is 10.0 Å². The fraction of sp³-hybridized carbons (Fsp3) is 0.0500. The highest BCUT2D eigenvalue weighted by Crippen LogP contribution is 2.25. The Bertz CT molecular complexity index is 1260. The lowest BCUT2D eigenvalue weighted by molar-refractivity contribution is 0.600. The molecule has 0 saturated heterocycles. The first-order chi connectivity index (χ1) is 12.5. The Hall–Kier alpha value is -3.12. The predicted molar refractivity (Wildman–Crippen MR) is 105 cm³/mol. The third-order valence-electron chi connectivity index (χ3n) is 4.20. The Kier molecular flexibility index (Phi) is 3.97. The van der Waals surface area contributed by atoms with Gasteiger partial charge in [0.15, 0.2) is 0 Å². The van der Waals surface area contributed by atoms with Crippen molar-refractivity contribution in [3.63, 3.8) is 0 Å². The Balaban J connectivity index is 1.75. The molecule has 0 amide bonds. The maximum atomic E-state index is 12.5. The summed E-state index contributed by atoms with van der Waals surface area (Å²) < 4.78 is 27.5. The van der Waals surface area contributed by atoms with Crippen molar-refractivity contribution in [3.05, 3.63) is 88.7 Å². The molecule has 0 spiro atoms. The van der Waals surface area contributed by atoms with Gasteiger partial charge >= 0.3 is 0 Å². The summed E-state index contributed by atoms with van der Waals surface area (Å²) in [6.45, 7) is 0. The van der Waals surface area contributed by atoms with Crippen LogP contribution < -0.4 is 10.3 Å². The van der Waals surface area contributed by atoms with Gasteiger partial charge in [0.25, 0.3) is 5.56 Å². The molecule has 130 valence electrons. The molecule has 1 heterocycles. The summed E-state index contributed by atoms with van der Waals surface area (Å²) >= 11 is 0. The van der Waals surface area contributed by atoms with Gasteiger partial charge in [-0.05, 0) is 35.2 Å². The van der Waals surface area contributed by atoms with E-state index in [-0.39, 0.29) is 11.3 Å². The molecule has 0 aliphatic carbocycles. The Morgan fingerprint density at radius 3 is 2.27 bits per heavy atom. The molecule has 2 N–H and O–H groups in total. The molecule has 0 aliphatic rings. The number of nitrogens with one attached hydrogen (secondary N) is 2. The van der Waals surface area contributed by atoms with Crippen LogP contribution in [0.4, 0.5) is 5.69 Å². The van der Waals surface area contributed by atoms with Gasteiger partial charge < -0.3 is 4.98 Å². The van der Waals surface area contributed by atoms with Gasteiger partial charge in [-0.15, -0.1) is 0 Å². The van der Waals surface area contributed by atoms with Crippen LogP contribution in [0.3, 0.4) is 0 Å². The number of sulfonamides is 1. The number of H-pyrrole nitrogens is 1. The molecule has 5 nitrogen and oxygen atoms in total. The molecular weight excluding hydrogens is 348 g/mol. The van der Waals surface area contributed by atoms with Gasteiger partial charge in [-0.25, -0.2) is 8.42 Å². The Labute approximate surface area is 150 Å². The van der Waals surface area contributed by atoms with Crippen LogP contribution >= 0.6 is 0 Å². The summed E-state index contributed by atoms with van der Waals surface area (Å²) in [5.74, 6) is -0.0990. The van der Waals surface area contributed by atoms with Crippen molar-refractivity contribution in [3.8, 4) is 0 Å². The van der Waals surface area contributed by atoms with Crippen LogP contribution in [0.1, 0.15) is 5.56 Å². The number of hydrogen-bond acceptors (Lipinski definition) is 3. The van der Waals surface area contributed by atoms with E-state index in [2.05, 4.69) is 9.71 Å². The number of rotatable bonds is 4. The van der Waals surface area contributed by atoms with E-state index in [1.807, 2.05) is 30.3 Å². The summed E-state index contributed by atoms with van der Waals surface area (Å²) in [7, 11) is -3.54. The van der Waals surface area contributed by atoms with E-state index in [4.69, 9.17) is 0 Å². The quantitative estimate of drug-likeness (QED) is 0.543. The standard InChI is InChI=1S/C20H16N2O3S/c23-20-17-9-5-4-8-16(17)18-12-15(10-11-19(18)21-20)22-26(24,25)13-14-6-2-1-3-7-14/h1-12,22H,13H2,(H,21,23). The number of hydrogen-bond donors (Lipinski definition) is 2. The lowest BCUT2D eigenvalue weighted by atomic mass is 10.1. The molecule has 26 heavy (non-hydrogen) atoms. The molecule has 6 heteroatoms. The summed E-state index contributed by atoms with van der Waals surface area (Å²) in [5.41, 5.74) is 1.69. The molecule has 0 bridgehead atoms. The second-order valence-electron chi connectivity index (χ2n) is 6.11. The van der Waals surface area contributed by atoms with Crippen LogP contribution in [0.5, 0.6) is 0 Å². The van der Waals surface area contributed by atoms with Crippen molar-refractivity contribution >= 4 is 37.4 Å². The van der Waals surface area contributed by atoms with Crippen molar-refractivity contribution < 1.29 is 8.42 Å². The van der Waals surface area contributed by atoms with Crippen molar-refractivity contribution in [2.24, 2.45) is 0 Å². The highest BCUT2D eigenvalue weighted by Gasteiger charge is 2.13. The van der Waals surface area contributed by atoms with E-state index >= 15 is 0 Å². The number of pyridine rings is 1. The number of benzene rings is 3. The average Bonchev–Trinajstić information content (AvgIpc) is 2.63. The van der Waals surface area contributed by atoms with Gasteiger partial charge in [0.05, 0.1) is 5.75 Å². The SMILES string of the molecule is O=c1[nH]c2ccc(NS(=O)(=O)Cc3ccccc3)cc2c2ccccc12. The zero-order chi connectivity index (χ0) is 18.1. The highest BCUT2D eigenvalue weighted by molar-refractivity contribution is 7.91. The monoisotopic (exact) mass is 364 g/mol. The molecule has 0 radical (unpaired) electrons. The van der Waals surface area contributed by atoms with Crippen LogP contribution in [-0.4, -0.2) is 13.4 Å². The topological polar surface area (TPSA) is 79.0 Å². The zero-order valence-electron chi connectivity index (χ0n) is 13.8. The van der Waals surface area contributed by atoms with Crippen LogP contribution in [0.2, 0.25) is 0 Å². The first-order valence-corrected chi connectivity index (χ1v) is 9.76.